The summed E-state index contributed by atoms with van der Waals surface area (Å²) < 4.78 is 46.6. The van der Waals surface area contributed by atoms with Crippen LogP contribution in [0.25, 0.3) is 0 Å². The van der Waals surface area contributed by atoms with Crippen LogP contribution in [0.4, 0.5) is 23.7 Å². The van der Waals surface area contributed by atoms with Gasteiger partial charge in [0.1, 0.15) is 23.7 Å². The van der Waals surface area contributed by atoms with Crippen molar-refractivity contribution in [1.29, 1.82) is 0 Å². The SMILES string of the molecule is CC[C@@H]1C[C@]1(NC(=O)[C@@H]1C[C@@H](OC(=O)N2Cc3cccc(Cl)c3C2)CN1C(=O)C(Nc1cccc(C(F)(F)F)c1)C(C)(C)C)C(=O)NOC(C)(C)C. The van der Waals surface area contributed by atoms with E-state index in [2.05, 4.69) is 16.1 Å². The van der Waals surface area contributed by atoms with Crippen LogP contribution in [0.5, 0.6) is 0 Å². The second kappa shape index (κ2) is 14.4. The molecule has 2 aromatic rings. The average Bonchev–Trinajstić information content (AvgIpc) is 3.35. The van der Waals surface area contributed by atoms with Crippen molar-refractivity contribution in [2.24, 2.45) is 11.3 Å². The van der Waals surface area contributed by atoms with E-state index in [1.54, 1.807) is 53.7 Å². The van der Waals surface area contributed by atoms with Crippen LogP contribution in [-0.4, -0.2) is 69.5 Å². The molecule has 2 fully saturated rings. The first kappa shape index (κ1) is 39.2. The molecule has 5 rings (SSSR count). The summed E-state index contributed by atoms with van der Waals surface area (Å²) in [4.78, 5) is 63.8. The fourth-order valence-electron chi connectivity index (χ4n) is 6.77. The summed E-state index contributed by atoms with van der Waals surface area (Å²) >= 11 is 6.35. The maximum Gasteiger partial charge on any atom is 0.416 e. The van der Waals surface area contributed by atoms with Crippen LogP contribution in [0.1, 0.15) is 84.4 Å². The molecule has 0 spiro atoms. The van der Waals surface area contributed by atoms with Crippen LogP contribution in [0.15, 0.2) is 42.5 Å². The Balaban J connectivity index is 1.40. The van der Waals surface area contributed by atoms with Crippen molar-refractivity contribution in [1.82, 2.24) is 20.6 Å². The Hall–Kier alpha value is -4.04. The van der Waals surface area contributed by atoms with Crippen molar-refractivity contribution < 1.29 is 41.9 Å². The van der Waals surface area contributed by atoms with Gasteiger partial charge in [-0.1, -0.05) is 63.9 Å². The molecule has 52 heavy (non-hydrogen) atoms. The molecule has 4 amide bonds. The predicted octanol–water partition coefficient (Wildman–Crippen LogP) is 6.44. The number of halogens is 4. The summed E-state index contributed by atoms with van der Waals surface area (Å²) in [6, 6.07) is 7.67. The number of alkyl halides is 3. The molecule has 284 valence electrons. The molecule has 2 heterocycles. The van der Waals surface area contributed by atoms with Gasteiger partial charge in [0, 0.05) is 23.7 Å². The summed E-state index contributed by atoms with van der Waals surface area (Å²) in [5, 5.41) is 6.40. The third-order valence-electron chi connectivity index (χ3n) is 9.71. The number of benzene rings is 2. The van der Waals surface area contributed by atoms with Crippen LogP contribution < -0.4 is 16.1 Å². The van der Waals surface area contributed by atoms with Crippen LogP contribution >= 0.6 is 11.6 Å². The molecule has 1 saturated carbocycles. The molecule has 1 aliphatic carbocycles. The number of anilines is 1. The van der Waals surface area contributed by atoms with Crippen molar-refractivity contribution >= 4 is 41.1 Å². The van der Waals surface area contributed by atoms with E-state index in [1.807, 2.05) is 13.0 Å². The smallest absolute Gasteiger partial charge is 0.416 e. The predicted molar refractivity (Wildman–Crippen MR) is 188 cm³/mol. The summed E-state index contributed by atoms with van der Waals surface area (Å²) in [5.41, 5.74) is 0.519. The lowest BCUT2D eigenvalue weighted by molar-refractivity contribution is -0.151. The molecule has 11 nitrogen and oxygen atoms in total. The summed E-state index contributed by atoms with van der Waals surface area (Å²) in [7, 11) is 0. The Labute approximate surface area is 306 Å². The number of hydrogen-bond acceptors (Lipinski definition) is 7. The number of fused-ring (bicyclic) bond motifs is 1. The highest BCUT2D eigenvalue weighted by Gasteiger charge is 2.61. The summed E-state index contributed by atoms with van der Waals surface area (Å²) in [6.07, 6.45) is -5.29. The van der Waals surface area contributed by atoms with E-state index in [1.165, 1.54) is 21.9 Å². The maximum atomic E-state index is 14.5. The number of carbonyl (C=O) groups excluding carboxylic acids is 4. The van der Waals surface area contributed by atoms with Gasteiger partial charge in [0.15, 0.2) is 0 Å². The molecule has 0 radical (unpaired) electrons. The number of nitrogens with one attached hydrogen (secondary N) is 3. The molecule has 5 atom stereocenters. The molecule has 2 aliphatic heterocycles. The molecule has 1 saturated heterocycles. The zero-order chi connectivity index (χ0) is 38.4. The van der Waals surface area contributed by atoms with Gasteiger partial charge in [-0.15, -0.1) is 0 Å². The standard InChI is InChI=1S/C37H47ClF3N5O6/c1-8-22-17-36(22,32(49)44-52-35(5,6)7)43-30(47)28-16-25(51-33(50)45-18-21-11-9-14-27(38)26(21)20-45)19-46(28)31(48)29(34(2,3)4)42-24-13-10-12-23(15-24)37(39,40)41/h9-15,22,25,28-29,42H,8,16-20H2,1-7H3,(H,43,47)(H,44,49)/t22-,25-,28+,29?,36-/m1/s1. The lowest BCUT2D eigenvalue weighted by atomic mass is 9.85. The fourth-order valence-corrected chi connectivity index (χ4v) is 7.03. The fraction of sp³-hybridized carbons (Fsp3) is 0.568. The number of hydroxylamine groups is 1. The van der Waals surface area contributed by atoms with E-state index in [0.29, 0.717) is 17.9 Å². The highest BCUT2D eigenvalue weighted by Crippen LogP contribution is 2.46. The van der Waals surface area contributed by atoms with E-state index < -0.39 is 70.3 Å². The van der Waals surface area contributed by atoms with Gasteiger partial charge in [-0.05, 0) is 73.9 Å². The molecule has 3 N–H and O–H groups in total. The Kier molecular flexibility index (Phi) is 10.9. The number of carbonyl (C=O) groups is 4. The van der Waals surface area contributed by atoms with Gasteiger partial charge >= 0.3 is 12.3 Å². The van der Waals surface area contributed by atoms with Crippen molar-refractivity contribution in [3.8, 4) is 0 Å². The van der Waals surface area contributed by atoms with Crippen LogP contribution in [0.2, 0.25) is 5.02 Å². The first-order valence-electron chi connectivity index (χ1n) is 17.4. The number of rotatable bonds is 9. The minimum atomic E-state index is -4.60. The van der Waals surface area contributed by atoms with Gasteiger partial charge in [-0.3, -0.25) is 24.1 Å². The van der Waals surface area contributed by atoms with Crippen molar-refractivity contribution in [3.05, 3.63) is 64.2 Å². The second-order valence-electron chi connectivity index (χ2n) is 15.9. The molecular weight excluding hydrogens is 703 g/mol. The Morgan fingerprint density at radius 3 is 2.31 bits per heavy atom. The van der Waals surface area contributed by atoms with Crippen molar-refractivity contribution in [2.75, 3.05) is 11.9 Å². The van der Waals surface area contributed by atoms with E-state index in [-0.39, 0.29) is 37.7 Å². The Morgan fingerprint density at radius 1 is 1.02 bits per heavy atom. The van der Waals surface area contributed by atoms with E-state index in [0.717, 1.165) is 23.3 Å². The number of nitrogens with zero attached hydrogens (tertiary/aromatic N) is 2. The van der Waals surface area contributed by atoms with Crippen LogP contribution in [-0.2, 0) is 43.2 Å². The van der Waals surface area contributed by atoms with E-state index in [4.69, 9.17) is 21.2 Å². The molecule has 15 heteroatoms. The molecular formula is C37H47ClF3N5O6. The van der Waals surface area contributed by atoms with Gasteiger partial charge in [0.05, 0.1) is 24.3 Å². The number of amides is 4. The molecule has 0 aromatic heterocycles. The number of likely N-dealkylation sites (tertiary alicyclic amines) is 1. The average molecular weight is 750 g/mol. The Morgan fingerprint density at radius 2 is 1.71 bits per heavy atom. The Bertz CT molecular complexity index is 1710. The first-order valence-corrected chi connectivity index (χ1v) is 17.8. The minimum Gasteiger partial charge on any atom is -0.444 e. The molecule has 1 unspecified atom stereocenters. The van der Waals surface area contributed by atoms with Crippen LogP contribution in [0, 0.1) is 11.3 Å². The first-order chi connectivity index (χ1) is 24.1. The third kappa shape index (κ3) is 8.60. The monoisotopic (exact) mass is 749 g/mol. The maximum absolute atomic E-state index is 14.5. The van der Waals surface area contributed by atoms with Gasteiger partial charge in [-0.25, -0.2) is 10.3 Å². The van der Waals surface area contributed by atoms with Gasteiger partial charge in [0.2, 0.25) is 11.8 Å². The molecule has 0 bridgehead atoms. The van der Waals surface area contributed by atoms with Gasteiger partial charge in [-0.2, -0.15) is 13.2 Å². The molecule has 2 aromatic carbocycles. The zero-order valence-corrected chi connectivity index (χ0v) is 31.2. The normalized spacial score (nSPS) is 23.5. The van der Waals surface area contributed by atoms with Crippen molar-refractivity contribution in [3.63, 3.8) is 0 Å². The zero-order valence-electron chi connectivity index (χ0n) is 30.4. The van der Waals surface area contributed by atoms with Crippen molar-refractivity contribution in [2.45, 2.75) is 116 Å². The summed E-state index contributed by atoms with van der Waals surface area (Å²) in [5.74, 6) is -1.91. The van der Waals surface area contributed by atoms with E-state index >= 15 is 0 Å². The van der Waals surface area contributed by atoms with Crippen LogP contribution in [0.3, 0.4) is 0 Å². The lowest BCUT2D eigenvalue weighted by Crippen LogP contribution is -2.58. The topological polar surface area (TPSA) is 129 Å². The van der Waals surface area contributed by atoms with Gasteiger partial charge < -0.3 is 20.3 Å². The second-order valence-corrected chi connectivity index (χ2v) is 16.3. The highest BCUT2D eigenvalue weighted by molar-refractivity contribution is 6.31. The quantitative estimate of drug-likeness (QED) is 0.252. The number of hydrogen-bond donors (Lipinski definition) is 3. The number of ether oxygens (including phenoxy) is 1. The van der Waals surface area contributed by atoms with E-state index in [9.17, 15) is 32.3 Å². The summed E-state index contributed by atoms with van der Waals surface area (Å²) in [6.45, 7) is 12.8. The lowest BCUT2D eigenvalue weighted by Gasteiger charge is -2.36. The van der Waals surface area contributed by atoms with Gasteiger partial charge in [0.25, 0.3) is 5.91 Å². The minimum absolute atomic E-state index is 0.0665. The molecule has 3 aliphatic rings. The highest BCUT2D eigenvalue weighted by atomic mass is 35.5. The third-order valence-corrected chi connectivity index (χ3v) is 10.1. The largest absolute Gasteiger partial charge is 0.444 e.